The Balaban J connectivity index is 1.39. The number of fused-ring (bicyclic) bond motifs is 1. The molecule has 184 valence electrons. The van der Waals surface area contributed by atoms with Crippen LogP contribution >= 0.6 is 11.6 Å². The van der Waals surface area contributed by atoms with Gasteiger partial charge >= 0.3 is 0 Å². The van der Waals surface area contributed by atoms with Crippen LogP contribution in [0.2, 0.25) is 5.02 Å². The topological polar surface area (TPSA) is 88.3 Å². The van der Waals surface area contributed by atoms with Crippen LogP contribution in [0.25, 0.3) is 6.20 Å². The number of aliphatic imine (C=N–C) groups is 1. The van der Waals surface area contributed by atoms with Gasteiger partial charge in [-0.25, -0.2) is 19.3 Å². The molecule has 2 aliphatic heterocycles. The van der Waals surface area contributed by atoms with E-state index in [1.54, 1.807) is 41.5 Å². The predicted octanol–water partition coefficient (Wildman–Crippen LogP) is 4.24. The maximum absolute atomic E-state index is 15.3. The van der Waals surface area contributed by atoms with Crippen LogP contribution in [0.1, 0.15) is 42.5 Å². The van der Waals surface area contributed by atoms with Crippen molar-refractivity contribution in [3.05, 3.63) is 71.0 Å². The number of amides is 1. The number of anilines is 2. The van der Waals surface area contributed by atoms with Crippen LogP contribution in [-0.4, -0.2) is 50.4 Å². The molecule has 1 atom stereocenters. The van der Waals surface area contributed by atoms with Gasteiger partial charge in [0.2, 0.25) is 5.91 Å². The van der Waals surface area contributed by atoms with Crippen LogP contribution < -0.4 is 10.2 Å². The van der Waals surface area contributed by atoms with Gasteiger partial charge in [0.15, 0.2) is 11.6 Å². The molecule has 4 heterocycles. The van der Waals surface area contributed by atoms with Gasteiger partial charge in [0.1, 0.15) is 22.7 Å². The molecule has 3 aromatic rings. The Hall–Kier alpha value is -3.59. The van der Waals surface area contributed by atoms with Crippen LogP contribution in [0.5, 0.6) is 0 Å². The van der Waals surface area contributed by atoms with Crippen LogP contribution in [0.4, 0.5) is 16.0 Å². The molecule has 36 heavy (non-hydrogen) atoms. The largest absolute Gasteiger partial charge is 0.350 e. The summed E-state index contributed by atoms with van der Waals surface area (Å²) in [7, 11) is 0. The summed E-state index contributed by atoms with van der Waals surface area (Å²) in [5.74, 6) is 1.97. The number of benzene rings is 1. The summed E-state index contributed by atoms with van der Waals surface area (Å²) in [5.41, 5.74) is -0.822. The van der Waals surface area contributed by atoms with E-state index in [0.717, 1.165) is 18.4 Å². The van der Waals surface area contributed by atoms with E-state index >= 15 is 4.39 Å². The zero-order valence-electron chi connectivity index (χ0n) is 19.8. The van der Waals surface area contributed by atoms with Crippen molar-refractivity contribution < 1.29 is 9.18 Å². The Kier molecular flexibility index (Phi) is 5.22. The number of rotatable bonds is 7. The zero-order valence-corrected chi connectivity index (χ0v) is 20.5. The van der Waals surface area contributed by atoms with Crippen molar-refractivity contribution in [3.8, 4) is 0 Å². The van der Waals surface area contributed by atoms with E-state index in [9.17, 15) is 4.79 Å². The average Bonchev–Trinajstić information content (AvgIpc) is 3.55. The van der Waals surface area contributed by atoms with Crippen LogP contribution in [-0.2, 0) is 16.8 Å². The van der Waals surface area contributed by atoms with Gasteiger partial charge in [-0.1, -0.05) is 30.3 Å². The minimum atomic E-state index is -1.20. The summed E-state index contributed by atoms with van der Waals surface area (Å²) in [6, 6.07) is 7.18. The second-order valence-corrected chi connectivity index (χ2v) is 10.2. The molecule has 1 saturated carbocycles. The van der Waals surface area contributed by atoms with Gasteiger partial charge in [0.05, 0.1) is 31.4 Å². The van der Waals surface area contributed by atoms with Crippen molar-refractivity contribution in [2.24, 2.45) is 10.9 Å². The van der Waals surface area contributed by atoms with Gasteiger partial charge < -0.3 is 14.8 Å². The molecule has 6 rings (SSSR count). The zero-order chi connectivity index (χ0) is 25.1. The highest BCUT2D eigenvalue weighted by Crippen LogP contribution is 2.52. The Bertz CT molecular complexity index is 1390. The fourth-order valence-electron chi connectivity index (χ4n) is 5.13. The number of halogens is 2. The van der Waals surface area contributed by atoms with Crippen molar-refractivity contribution in [3.63, 3.8) is 0 Å². The summed E-state index contributed by atoms with van der Waals surface area (Å²) in [5, 5.41) is 3.52. The number of carbonyl (C=O) groups excluding carboxylic acids is 1. The van der Waals surface area contributed by atoms with Gasteiger partial charge in [-0.2, -0.15) is 0 Å². The normalized spacial score (nSPS) is 22.4. The van der Waals surface area contributed by atoms with Crippen LogP contribution in [0, 0.1) is 5.92 Å². The number of imidazole rings is 1. The third-order valence-electron chi connectivity index (χ3n) is 7.39. The quantitative estimate of drug-likeness (QED) is 0.485. The molecule has 1 saturated heterocycles. The lowest BCUT2D eigenvalue weighted by atomic mass is 9.77. The van der Waals surface area contributed by atoms with E-state index in [0.29, 0.717) is 33.9 Å². The summed E-state index contributed by atoms with van der Waals surface area (Å²) >= 11 is 6.11. The average molecular weight is 506 g/mol. The molecule has 1 amide bonds. The fourth-order valence-corrected chi connectivity index (χ4v) is 5.26. The number of hydrogen-bond acceptors (Lipinski definition) is 6. The van der Waals surface area contributed by atoms with E-state index in [1.807, 2.05) is 24.0 Å². The Morgan fingerprint density at radius 3 is 2.72 bits per heavy atom. The number of carbonyl (C=O) groups is 1. The Morgan fingerprint density at radius 2 is 2.03 bits per heavy atom. The molecule has 10 heteroatoms. The van der Waals surface area contributed by atoms with Crippen molar-refractivity contribution in [2.75, 3.05) is 23.3 Å². The summed E-state index contributed by atoms with van der Waals surface area (Å²) < 4.78 is 17.1. The third-order valence-corrected chi connectivity index (χ3v) is 7.65. The van der Waals surface area contributed by atoms with Gasteiger partial charge in [0, 0.05) is 23.6 Å². The molecule has 8 nitrogen and oxygen atoms in total. The molecule has 0 spiro atoms. The minimum absolute atomic E-state index is 0.115. The molecule has 2 fully saturated rings. The highest BCUT2D eigenvalue weighted by atomic mass is 35.5. The van der Waals surface area contributed by atoms with Crippen molar-refractivity contribution in [1.82, 2.24) is 19.5 Å². The van der Waals surface area contributed by atoms with E-state index in [4.69, 9.17) is 16.6 Å². The second kappa shape index (κ2) is 8.23. The second-order valence-electron chi connectivity index (χ2n) is 9.78. The van der Waals surface area contributed by atoms with E-state index in [-0.39, 0.29) is 31.5 Å². The fraction of sp³-hybridized carbons (Fsp3) is 0.346. The first-order valence-corrected chi connectivity index (χ1v) is 12.3. The third kappa shape index (κ3) is 3.61. The Labute approximate surface area is 212 Å². The van der Waals surface area contributed by atoms with Crippen molar-refractivity contribution in [1.29, 1.82) is 0 Å². The lowest BCUT2D eigenvalue weighted by Crippen LogP contribution is -2.61. The molecule has 0 radical (unpaired) electrons. The molecular weight excluding hydrogens is 481 g/mol. The molecule has 0 bridgehead atoms. The molecule has 1 unspecified atom stereocenters. The first kappa shape index (κ1) is 22.8. The number of hydrogen-bond donors (Lipinski definition) is 1. The monoisotopic (exact) mass is 505 g/mol. The van der Waals surface area contributed by atoms with Crippen molar-refractivity contribution >= 4 is 41.6 Å². The molecule has 3 aliphatic rings. The summed E-state index contributed by atoms with van der Waals surface area (Å²) in [6.45, 7) is 6.28. The smallest absolute Gasteiger partial charge is 0.240 e. The van der Waals surface area contributed by atoms with E-state index in [1.165, 1.54) is 0 Å². The number of alkyl halides is 1. The van der Waals surface area contributed by atoms with Gasteiger partial charge in [-0.05, 0) is 43.4 Å². The first-order chi connectivity index (χ1) is 17.3. The number of nitrogens with one attached hydrogen (secondary N) is 1. The first-order valence-electron chi connectivity index (χ1n) is 11.9. The number of aromatic nitrogens is 4. The minimum Gasteiger partial charge on any atom is -0.350 e. The highest BCUT2D eigenvalue weighted by Gasteiger charge is 2.56. The molecule has 2 aromatic heterocycles. The summed E-state index contributed by atoms with van der Waals surface area (Å²) in [4.78, 5) is 33.4. The number of nitrogens with zero attached hydrogens (tertiary/aromatic N) is 6. The molecule has 1 aliphatic carbocycles. The maximum atomic E-state index is 15.3. The summed E-state index contributed by atoms with van der Waals surface area (Å²) in [6.07, 6.45) is 8.55. The SMILES string of the molecule is C=Cn1ccnc1/C=N\Cc1nc2c(c(N3CC(F)(C4CC4)C3)n1)C(C)(c1ccc(Cl)cc1)C(=O)N2. The van der Waals surface area contributed by atoms with Crippen LogP contribution in [0.3, 0.4) is 0 Å². The van der Waals surface area contributed by atoms with Gasteiger partial charge in [-0.15, -0.1) is 0 Å². The van der Waals surface area contributed by atoms with Gasteiger partial charge in [0.25, 0.3) is 0 Å². The van der Waals surface area contributed by atoms with E-state index < -0.39 is 11.1 Å². The molecule has 1 aromatic carbocycles. The van der Waals surface area contributed by atoms with E-state index in [2.05, 4.69) is 26.9 Å². The molecule has 1 N–H and O–H groups in total. The van der Waals surface area contributed by atoms with Crippen molar-refractivity contribution in [2.45, 2.75) is 37.4 Å². The lowest BCUT2D eigenvalue weighted by Gasteiger charge is -2.46. The van der Waals surface area contributed by atoms with Crippen LogP contribution in [0.15, 0.2) is 48.2 Å². The lowest BCUT2D eigenvalue weighted by molar-refractivity contribution is -0.119. The highest BCUT2D eigenvalue weighted by molar-refractivity contribution is 6.30. The Morgan fingerprint density at radius 1 is 1.28 bits per heavy atom. The maximum Gasteiger partial charge on any atom is 0.240 e. The van der Waals surface area contributed by atoms with Gasteiger partial charge in [-0.3, -0.25) is 9.79 Å². The standard InChI is InChI=1S/C26H25ClFN7O/c1-3-34-11-10-30-20(34)13-29-12-19-31-22-21(23(32-19)35-14-26(28,15-35)17-4-5-17)25(2,24(36)33-22)16-6-8-18(27)9-7-16/h3,6-11,13,17H,1,4-5,12,14-15H2,2H3,(H,31,32,33,36)/b29-13-. The molecular formula is C26H25ClFN7O. The predicted molar refractivity (Wildman–Crippen MR) is 137 cm³/mol.